The molecule has 0 aliphatic heterocycles. The Morgan fingerprint density at radius 1 is 0.778 bits per heavy atom. The van der Waals surface area contributed by atoms with Crippen LogP contribution in [0.2, 0.25) is 0 Å². The highest BCUT2D eigenvalue weighted by atomic mass is 19.1. The average Bonchev–Trinajstić information content (AvgIpc) is 2.65. The van der Waals surface area contributed by atoms with Gasteiger partial charge in [0.05, 0.1) is 0 Å². The Hall–Kier alpha value is -3.47. The lowest BCUT2D eigenvalue weighted by atomic mass is 10.1. The molecule has 0 aliphatic rings. The molecule has 0 heterocycles. The SMILES string of the molecule is Cc1ccc(C)c(NC(=O)c2cccc(C(=O)Nc3cccc(F)c3)c2)c1. The van der Waals surface area contributed by atoms with Crippen molar-refractivity contribution < 1.29 is 14.0 Å². The first kappa shape index (κ1) is 18.3. The highest BCUT2D eigenvalue weighted by Crippen LogP contribution is 2.18. The van der Waals surface area contributed by atoms with Gasteiger partial charge in [-0.25, -0.2) is 4.39 Å². The molecule has 2 amide bonds. The molecule has 0 atom stereocenters. The fourth-order valence-electron chi connectivity index (χ4n) is 2.64. The second kappa shape index (κ2) is 7.83. The second-order valence-electron chi connectivity index (χ2n) is 6.32. The first-order valence-electron chi connectivity index (χ1n) is 8.48. The molecule has 3 aromatic rings. The average molecular weight is 362 g/mol. The molecule has 136 valence electrons. The van der Waals surface area contributed by atoms with Gasteiger partial charge in [0, 0.05) is 22.5 Å². The smallest absolute Gasteiger partial charge is 0.255 e. The molecular formula is C22H19FN2O2. The van der Waals surface area contributed by atoms with E-state index in [0.717, 1.165) is 16.8 Å². The molecule has 0 fully saturated rings. The highest BCUT2D eigenvalue weighted by molar-refractivity contribution is 6.08. The number of hydrogen-bond donors (Lipinski definition) is 2. The van der Waals surface area contributed by atoms with Crippen LogP contribution in [0.5, 0.6) is 0 Å². The van der Waals surface area contributed by atoms with Crippen LogP contribution in [0.4, 0.5) is 15.8 Å². The lowest BCUT2D eigenvalue weighted by Gasteiger charge is -2.10. The molecule has 3 aromatic carbocycles. The number of hydrogen-bond acceptors (Lipinski definition) is 2. The summed E-state index contributed by atoms with van der Waals surface area (Å²) in [5.41, 5.74) is 3.75. The maximum Gasteiger partial charge on any atom is 0.255 e. The van der Waals surface area contributed by atoms with Gasteiger partial charge in [-0.3, -0.25) is 9.59 Å². The summed E-state index contributed by atoms with van der Waals surface area (Å²) in [7, 11) is 0. The number of nitrogens with one attached hydrogen (secondary N) is 2. The number of aryl methyl sites for hydroxylation is 2. The van der Waals surface area contributed by atoms with E-state index >= 15 is 0 Å². The molecule has 27 heavy (non-hydrogen) atoms. The van der Waals surface area contributed by atoms with Crippen LogP contribution < -0.4 is 10.6 Å². The zero-order chi connectivity index (χ0) is 19.4. The quantitative estimate of drug-likeness (QED) is 0.690. The standard InChI is InChI=1S/C22H19FN2O2/c1-14-9-10-15(2)20(11-14)25-22(27)17-6-3-5-16(12-17)21(26)24-19-8-4-7-18(23)13-19/h3-13H,1-2H3,(H,24,26)(H,25,27). The first-order valence-corrected chi connectivity index (χ1v) is 8.48. The van der Waals surface area contributed by atoms with Crippen molar-refractivity contribution in [2.24, 2.45) is 0 Å². The Labute approximate surface area is 157 Å². The molecule has 0 radical (unpaired) electrons. The van der Waals surface area contributed by atoms with Crippen LogP contribution in [-0.4, -0.2) is 11.8 Å². The molecule has 0 aromatic heterocycles. The van der Waals surface area contributed by atoms with Crippen molar-refractivity contribution in [1.29, 1.82) is 0 Å². The number of carbonyl (C=O) groups is 2. The third-order valence-corrected chi connectivity index (χ3v) is 4.11. The molecule has 5 heteroatoms. The van der Waals surface area contributed by atoms with Crippen LogP contribution >= 0.6 is 0 Å². The number of halogens is 1. The number of amides is 2. The normalized spacial score (nSPS) is 10.3. The summed E-state index contributed by atoms with van der Waals surface area (Å²) in [5.74, 6) is -1.15. The minimum Gasteiger partial charge on any atom is -0.322 e. The molecule has 3 rings (SSSR count). The van der Waals surface area contributed by atoms with E-state index in [4.69, 9.17) is 0 Å². The molecular weight excluding hydrogens is 343 g/mol. The molecule has 0 saturated carbocycles. The van der Waals surface area contributed by atoms with Gasteiger partial charge >= 0.3 is 0 Å². The fourth-order valence-corrected chi connectivity index (χ4v) is 2.64. The Morgan fingerprint density at radius 3 is 2.15 bits per heavy atom. The van der Waals surface area contributed by atoms with Crippen molar-refractivity contribution in [3.63, 3.8) is 0 Å². The first-order chi connectivity index (χ1) is 12.9. The maximum absolute atomic E-state index is 13.3. The van der Waals surface area contributed by atoms with Crippen LogP contribution in [0.1, 0.15) is 31.8 Å². The van der Waals surface area contributed by atoms with E-state index in [1.165, 1.54) is 24.3 Å². The second-order valence-corrected chi connectivity index (χ2v) is 6.32. The van der Waals surface area contributed by atoms with Gasteiger partial charge in [-0.2, -0.15) is 0 Å². The van der Waals surface area contributed by atoms with Crippen molar-refractivity contribution in [3.05, 3.63) is 94.8 Å². The van der Waals surface area contributed by atoms with Gasteiger partial charge in [0.15, 0.2) is 0 Å². The van der Waals surface area contributed by atoms with Crippen LogP contribution in [0.25, 0.3) is 0 Å². The van der Waals surface area contributed by atoms with Gasteiger partial charge in [-0.05, 0) is 67.4 Å². The Kier molecular flexibility index (Phi) is 5.31. The molecule has 0 unspecified atom stereocenters. The third kappa shape index (κ3) is 4.58. The van der Waals surface area contributed by atoms with Gasteiger partial charge in [0.25, 0.3) is 11.8 Å². The minimum atomic E-state index is -0.436. The van der Waals surface area contributed by atoms with Gasteiger partial charge in [0.1, 0.15) is 5.82 Å². The maximum atomic E-state index is 13.3. The van der Waals surface area contributed by atoms with Gasteiger partial charge in [0.2, 0.25) is 0 Å². The predicted molar refractivity (Wildman–Crippen MR) is 105 cm³/mol. The number of benzene rings is 3. The lowest BCUT2D eigenvalue weighted by molar-refractivity contribution is 0.102. The fraction of sp³-hybridized carbons (Fsp3) is 0.0909. The minimum absolute atomic E-state index is 0.302. The topological polar surface area (TPSA) is 58.2 Å². The van der Waals surface area contributed by atoms with E-state index < -0.39 is 11.7 Å². The third-order valence-electron chi connectivity index (χ3n) is 4.11. The molecule has 0 aliphatic carbocycles. The molecule has 0 spiro atoms. The largest absolute Gasteiger partial charge is 0.322 e. The Morgan fingerprint density at radius 2 is 1.44 bits per heavy atom. The molecule has 0 bridgehead atoms. The van der Waals surface area contributed by atoms with Crippen molar-refractivity contribution in [2.45, 2.75) is 13.8 Å². The monoisotopic (exact) mass is 362 g/mol. The lowest BCUT2D eigenvalue weighted by Crippen LogP contribution is -2.16. The van der Waals surface area contributed by atoms with E-state index in [0.29, 0.717) is 16.8 Å². The summed E-state index contributed by atoms with van der Waals surface area (Å²) in [5, 5.41) is 5.49. The molecule has 2 N–H and O–H groups in total. The Bertz CT molecular complexity index is 1010. The Balaban J connectivity index is 1.77. The van der Waals surface area contributed by atoms with Crippen molar-refractivity contribution >= 4 is 23.2 Å². The number of anilines is 2. The molecule has 4 nitrogen and oxygen atoms in total. The van der Waals surface area contributed by atoms with E-state index in [-0.39, 0.29) is 5.91 Å². The summed E-state index contributed by atoms with van der Waals surface area (Å²) < 4.78 is 13.3. The van der Waals surface area contributed by atoms with Crippen LogP contribution in [-0.2, 0) is 0 Å². The summed E-state index contributed by atoms with van der Waals surface area (Å²) in [6, 6.07) is 17.8. The van der Waals surface area contributed by atoms with Gasteiger partial charge in [-0.1, -0.05) is 24.3 Å². The highest BCUT2D eigenvalue weighted by Gasteiger charge is 2.12. The van der Waals surface area contributed by atoms with Crippen LogP contribution in [0, 0.1) is 19.7 Å². The summed E-state index contributed by atoms with van der Waals surface area (Å²) in [6.45, 7) is 3.87. The van der Waals surface area contributed by atoms with E-state index in [1.807, 2.05) is 32.0 Å². The van der Waals surface area contributed by atoms with E-state index in [2.05, 4.69) is 10.6 Å². The number of rotatable bonds is 4. The number of carbonyl (C=O) groups excluding carboxylic acids is 2. The van der Waals surface area contributed by atoms with Gasteiger partial charge in [-0.15, -0.1) is 0 Å². The van der Waals surface area contributed by atoms with Crippen LogP contribution in [0.15, 0.2) is 66.7 Å². The zero-order valence-electron chi connectivity index (χ0n) is 15.0. The summed E-state index contributed by atoms with van der Waals surface area (Å²) >= 11 is 0. The van der Waals surface area contributed by atoms with E-state index in [1.54, 1.807) is 24.3 Å². The van der Waals surface area contributed by atoms with Crippen molar-refractivity contribution in [3.8, 4) is 0 Å². The van der Waals surface area contributed by atoms with Crippen molar-refractivity contribution in [2.75, 3.05) is 10.6 Å². The van der Waals surface area contributed by atoms with Crippen molar-refractivity contribution in [1.82, 2.24) is 0 Å². The zero-order valence-corrected chi connectivity index (χ0v) is 15.0. The summed E-state index contributed by atoms with van der Waals surface area (Å²) in [4.78, 5) is 25.0. The summed E-state index contributed by atoms with van der Waals surface area (Å²) in [6.07, 6.45) is 0. The van der Waals surface area contributed by atoms with Crippen LogP contribution in [0.3, 0.4) is 0 Å². The van der Waals surface area contributed by atoms with E-state index in [9.17, 15) is 14.0 Å². The predicted octanol–water partition coefficient (Wildman–Crippen LogP) is 4.95. The molecule has 0 saturated heterocycles. The van der Waals surface area contributed by atoms with Gasteiger partial charge < -0.3 is 10.6 Å².